The summed E-state index contributed by atoms with van der Waals surface area (Å²) in [6, 6.07) is 11.8. The van der Waals surface area contributed by atoms with Gasteiger partial charge in [0.05, 0.1) is 12.0 Å². The molecule has 0 unspecified atom stereocenters. The van der Waals surface area contributed by atoms with Crippen LogP contribution in [0.1, 0.15) is 39.6 Å². The average molecular weight is 438 g/mol. The molecule has 1 aliphatic rings. The van der Waals surface area contributed by atoms with E-state index in [9.17, 15) is 9.59 Å². The number of hydrogen-bond acceptors (Lipinski definition) is 5. The molecule has 2 aromatic heterocycles. The molecular formula is C24H27N3O3S. The van der Waals surface area contributed by atoms with Gasteiger partial charge in [0, 0.05) is 51.1 Å². The van der Waals surface area contributed by atoms with E-state index < -0.39 is 0 Å². The first kappa shape index (κ1) is 21.3. The number of hydrogen-bond donors (Lipinski definition) is 0. The fraction of sp³-hybridized carbons (Fsp3) is 0.375. The second kappa shape index (κ2) is 9.06. The number of amides is 2. The molecule has 0 spiro atoms. The van der Waals surface area contributed by atoms with E-state index in [1.165, 1.54) is 11.3 Å². The van der Waals surface area contributed by atoms with Gasteiger partial charge in [-0.25, -0.2) is 4.98 Å². The molecule has 0 radical (unpaired) electrons. The maximum atomic E-state index is 12.9. The van der Waals surface area contributed by atoms with Crippen molar-refractivity contribution in [3.05, 3.63) is 58.6 Å². The van der Waals surface area contributed by atoms with E-state index >= 15 is 0 Å². The highest BCUT2D eigenvalue weighted by Crippen LogP contribution is 2.39. The standard InChI is InChI=1S/C24H27N3O3S/c1-26(2)24(29)22-21(19-5-4-13-25-23(19)31-22)17-12-14-27(15-17)20(28)11-8-16-6-9-18(30-3)10-7-16/h4-7,9-10,13,17H,8,11-12,14-15H2,1-3H3/t17-/m1/s1. The van der Waals surface area contributed by atoms with Crippen LogP contribution in [0, 0.1) is 0 Å². The fourth-order valence-corrected chi connectivity index (χ4v) is 5.39. The molecule has 162 valence electrons. The molecule has 2 amide bonds. The number of methoxy groups -OCH3 is 1. The van der Waals surface area contributed by atoms with E-state index in [1.54, 1.807) is 32.3 Å². The number of aryl methyl sites for hydroxylation is 1. The Morgan fingerprint density at radius 3 is 2.71 bits per heavy atom. The summed E-state index contributed by atoms with van der Waals surface area (Å²) < 4.78 is 5.19. The van der Waals surface area contributed by atoms with Crippen molar-refractivity contribution in [2.24, 2.45) is 0 Å². The molecule has 31 heavy (non-hydrogen) atoms. The van der Waals surface area contributed by atoms with Gasteiger partial charge in [-0.05, 0) is 42.2 Å². The molecule has 0 N–H and O–H groups in total. The summed E-state index contributed by atoms with van der Waals surface area (Å²) >= 11 is 1.45. The molecule has 6 nitrogen and oxygen atoms in total. The number of benzene rings is 1. The predicted molar refractivity (Wildman–Crippen MR) is 123 cm³/mol. The zero-order valence-electron chi connectivity index (χ0n) is 18.1. The maximum Gasteiger partial charge on any atom is 0.263 e. The number of rotatable bonds is 6. The van der Waals surface area contributed by atoms with Gasteiger partial charge in [-0.3, -0.25) is 9.59 Å². The number of ether oxygens (including phenoxy) is 1. The number of aromatic nitrogens is 1. The van der Waals surface area contributed by atoms with Crippen molar-refractivity contribution in [2.75, 3.05) is 34.3 Å². The zero-order valence-corrected chi connectivity index (χ0v) is 18.9. The molecule has 4 rings (SSSR count). The van der Waals surface area contributed by atoms with Crippen LogP contribution < -0.4 is 4.74 Å². The summed E-state index contributed by atoms with van der Waals surface area (Å²) in [7, 11) is 5.19. The first-order chi connectivity index (χ1) is 15.0. The Bertz CT molecular complexity index is 1090. The monoisotopic (exact) mass is 437 g/mol. The predicted octanol–water partition coefficient (Wildman–Crippen LogP) is 3.96. The van der Waals surface area contributed by atoms with E-state index in [0.29, 0.717) is 19.4 Å². The van der Waals surface area contributed by atoms with E-state index in [0.717, 1.165) is 44.9 Å². The molecule has 1 atom stereocenters. The summed E-state index contributed by atoms with van der Waals surface area (Å²) in [6.45, 7) is 1.37. The fourth-order valence-electron chi connectivity index (χ4n) is 4.14. The number of likely N-dealkylation sites (tertiary alicyclic amines) is 1. The van der Waals surface area contributed by atoms with E-state index in [4.69, 9.17) is 4.74 Å². The second-order valence-corrected chi connectivity index (χ2v) is 9.07. The summed E-state index contributed by atoms with van der Waals surface area (Å²) in [6.07, 6.45) is 3.81. The van der Waals surface area contributed by atoms with Gasteiger partial charge in [-0.15, -0.1) is 11.3 Å². The highest BCUT2D eigenvalue weighted by Gasteiger charge is 2.33. The first-order valence-electron chi connectivity index (χ1n) is 10.5. The van der Waals surface area contributed by atoms with Crippen LogP contribution >= 0.6 is 11.3 Å². The van der Waals surface area contributed by atoms with Crippen molar-refractivity contribution in [3.8, 4) is 5.75 Å². The third-order valence-corrected chi connectivity index (χ3v) is 6.96. The van der Waals surface area contributed by atoms with Gasteiger partial charge in [-0.1, -0.05) is 18.2 Å². The van der Waals surface area contributed by atoms with Crippen LogP contribution in [0.4, 0.5) is 0 Å². The van der Waals surface area contributed by atoms with Crippen molar-refractivity contribution in [1.29, 1.82) is 0 Å². The van der Waals surface area contributed by atoms with Crippen molar-refractivity contribution in [2.45, 2.75) is 25.2 Å². The van der Waals surface area contributed by atoms with Gasteiger partial charge in [0.25, 0.3) is 5.91 Å². The van der Waals surface area contributed by atoms with E-state index in [-0.39, 0.29) is 17.7 Å². The molecule has 1 saturated heterocycles. The molecule has 0 saturated carbocycles. The minimum absolute atomic E-state index is 0.00211. The Kier molecular flexibility index (Phi) is 6.23. The molecule has 1 fully saturated rings. The average Bonchev–Trinajstić information content (AvgIpc) is 3.41. The second-order valence-electron chi connectivity index (χ2n) is 8.07. The maximum absolute atomic E-state index is 12.9. The Morgan fingerprint density at radius 2 is 2.00 bits per heavy atom. The lowest BCUT2D eigenvalue weighted by Crippen LogP contribution is -2.29. The van der Waals surface area contributed by atoms with Crippen LogP contribution in [0.5, 0.6) is 5.75 Å². The van der Waals surface area contributed by atoms with Crippen molar-refractivity contribution >= 4 is 33.4 Å². The van der Waals surface area contributed by atoms with Crippen molar-refractivity contribution < 1.29 is 14.3 Å². The summed E-state index contributed by atoms with van der Waals surface area (Å²) in [5, 5.41) is 1.04. The van der Waals surface area contributed by atoms with Gasteiger partial charge >= 0.3 is 0 Å². The van der Waals surface area contributed by atoms with Crippen LogP contribution in [0.3, 0.4) is 0 Å². The van der Waals surface area contributed by atoms with Gasteiger partial charge < -0.3 is 14.5 Å². The third-order valence-electron chi connectivity index (χ3n) is 5.84. The lowest BCUT2D eigenvalue weighted by atomic mass is 9.95. The molecule has 7 heteroatoms. The highest BCUT2D eigenvalue weighted by atomic mass is 32.1. The van der Waals surface area contributed by atoms with Gasteiger partial charge in [-0.2, -0.15) is 0 Å². The van der Waals surface area contributed by atoms with E-state index in [2.05, 4.69) is 4.98 Å². The minimum atomic E-state index is 0.00211. The zero-order chi connectivity index (χ0) is 22.0. The summed E-state index contributed by atoms with van der Waals surface area (Å²) in [5.74, 6) is 1.14. The number of nitrogens with zero attached hydrogens (tertiary/aromatic N) is 3. The molecule has 0 bridgehead atoms. The molecule has 3 aromatic rings. The van der Waals surface area contributed by atoms with Crippen LogP contribution in [0.2, 0.25) is 0 Å². The SMILES string of the molecule is COc1ccc(CCC(=O)N2CC[C@@H](c3c(C(=O)N(C)C)sc4ncccc34)C2)cc1. The molecule has 1 aromatic carbocycles. The van der Waals surface area contributed by atoms with Crippen LogP contribution in [0.25, 0.3) is 10.2 Å². The van der Waals surface area contributed by atoms with Crippen LogP contribution in [0.15, 0.2) is 42.6 Å². The Labute approximate surface area is 186 Å². The topological polar surface area (TPSA) is 62.7 Å². The number of carbonyl (C=O) groups excluding carboxylic acids is 2. The first-order valence-corrected chi connectivity index (χ1v) is 11.3. The van der Waals surface area contributed by atoms with Crippen molar-refractivity contribution in [3.63, 3.8) is 0 Å². The minimum Gasteiger partial charge on any atom is -0.497 e. The third kappa shape index (κ3) is 4.42. The van der Waals surface area contributed by atoms with Gasteiger partial charge in [0.15, 0.2) is 0 Å². The number of thiophene rings is 1. The van der Waals surface area contributed by atoms with Crippen LogP contribution in [-0.4, -0.2) is 60.9 Å². The van der Waals surface area contributed by atoms with Gasteiger partial charge in [0.2, 0.25) is 5.91 Å². The Hall–Kier alpha value is -2.93. The lowest BCUT2D eigenvalue weighted by molar-refractivity contribution is -0.130. The number of carbonyl (C=O) groups is 2. The molecule has 3 heterocycles. The van der Waals surface area contributed by atoms with E-state index in [1.807, 2.05) is 41.3 Å². The number of fused-ring (bicyclic) bond motifs is 1. The molecular weight excluding hydrogens is 410 g/mol. The van der Waals surface area contributed by atoms with Gasteiger partial charge in [0.1, 0.15) is 10.6 Å². The summed E-state index contributed by atoms with van der Waals surface area (Å²) in [5.41, 5.74) is 2.18. The normalized spacial score (nSPS) is 16.0. The quantitative estimate of drug-likeness (QED) is 0.586. The lowest BCUT2D eigenvalue weighted by Gasteiger charge is -2.18. The number of pyridine rings is 1. The summed E-state index contributed by atoms with van der Waals surface area (Å²) in [4.78, 5) is 35.3. The van der Waals surface area contributed by atoms with Crippen molar-refractivity contribution in [1.82, 2.24) is 14.8 Å². The largest absolute Gasteiger partial charge is 0.497 e. The molecule has 0 aliphatic carbocycles. The highest BCUT2D eigenvalue weighted by molar-refractivity contribution is 7.20. The molecule has 1 aliphatic heterocycles. The Balaban J connectivity index is 1.48. The van der Waals surface area contributed by atoms with Crippen LogP contribution in [-0.2, 0) is 11.2 Å². The Morgan fingerprint density at radius 1 is 1.23 bits per heavy atom. The smallest absolute Gasteiger partial charge is 0.263 e.